The third-order valence-corrected chi connectivity index (χ3v) is 7.31. The fourth-order valence-corrected chi connectivity index (χ4v) is 5.65. The molecule has 1 unspecified atom stereocenters. The van der Waals surface area contributed by atoms with Crippen molar-refractivity contribution < 1.29 is 0 Å². The molecule has 2 N–H and O–H groups in total. The van der Waals surface area contributed by atoms with Crippen LogP contribution in [0.5, 0.6) is 0 Å². The van der Waals surface area contributed by atoms with Crippen molar-refractivity contribution in [2.45, 2.75) is 30.2 Å². The van der Waals surface area contributed by atoms with Gasteiger partial charge in [-0.05, 0) is 0 Å². The molecule has 16 heavy (non-hydrogen) atoms. The van der Waals surface area contributed by atoms with Crippen LogP contribution in [0.2, 0.25) is 10.4 Å². The molecule has 0 saturated carbocycles. The molecule has 0 aliphatic heterocycles. The maximum atomic E-state index is 5.67. The molecule has 0 radical (unpaired) electrons. The molecule has 1 rings (SSSR count). The molecule has 0 aliphatic carbocycles. The summed E-state index contributed by atoms with van der Waals surface area (Å²) in [5.74, 6) is 0. The Morgan fingerprint density at radius 3 is 2.56 bits per heavy atom. The molecule has 0 fully saturated rings. The Morgan fingerprint density at radius 2 is 1.94 bits per heavy atom. The average Bonchev–Trinajstić information content (AvgIpc) is 2.34. The first-order valence-corrected chi connectivity index (χ1v) is 9.78. The van der Waals surface area contributed by atoms with Gasteiger partial charge in [0.1, 0.15) is 0 Å². The van der Waals surface area contributed by atoms with Crippen LogP contribution < -0.4 is 5.73 Å². The van der Waals surface area contributed by atoms with Gasteiger partial charge in [-0.1, -0.05) is 0 Å². The first-order chi connectivity index (χ1) is 7.86. The van der Waals surface area contributed by atoms with E-state index >= 15 is 0 Å². The molecule has 88 valence electrons. The third-order valence-electron chi connectivity index (χ3n) is 2.49. The van der Waals surface area contributed by atoms with Crippen molar-refractivity contribution >= 4 is 20.7 Å². The van der Waals surface area contributed by atoms with E-state index in [1.54, 1.807) is 0 Å². The Bertz CT molecular complexity index is 295. The maximum absolute atomic E-state index is 5.67. The number of rotatable bonds is 7. The molecule has 0 aromatic heterocycles. The van der Waals surface area contributed by atoms with Gasteiger partial charge in [-0.3, -0.25) is 0 Å². The predicted octanol–water partition coefficient (Wildman–Crippen LogP) is 3.49. The van der Waals surface area contributed by atoms with Crippen LogP contribution in [0.3, 0.4) is 0 Å². The summed E-state index contributed by atoms with van der Waals surface area (Å²) in [4.78, 5) is 2.46. The van der Waals surface area contributed by atoms with Crippen LogP contribution in [0.1, 0.15) is 25.3 Å². The Kier molecular flexibility index (Phi) is 7.29. The molecule has 1 nitrogen and oxygen atoms in total. The van der Waals surface area contributed by atoms with Gasteiger partial charge in [0.05, 0.1) is 0 Å². The summed E-state index contributed by atoms with van der Waals surface area (Å²) in [5, 5.41) is 2.65. The van der Waals surface area contributed by atoms with E-state index in [2.05, 4.69) is 48.2 Å². The van der Waals surface area contributed by atoms with Crippen LogP contribution in [0.15, 0.2) is 35.2 Å². The fourth-order valence-electron chi connectivity index (χ4n) is 1.54. The zero-order valence-corrected chi connectivity index (χ0v) is 12.0. The second-order valence-corrected chi connectivity index (χ2v) is 8.88. The number of benzene rings is 1. The summed E-state index contributed by atoms with van der Waals surface area (Å²) < 4.78 is 0. The van der Waals surface area contributed by atoms with Crippen molar-refractivity contribution in [2.75, 3.05) is 6.54 Å². The Balaban J connectivity index is 2.50. The van der Waals surface area contributed by atoms with Crippen molar-refractivity contribution in [1.82, 2.24) is 0 Å². The summed E-state index contributed by atoms with van der Waals surface area (Å²) in [6, 6.07) is 10.6. The first-order valence-electron chi connectivity index (χ1n) is 6.04. The van der Waals surface area contributed by atoms with E-state index in [1.807, 2.05) is 0 Å². The monoisotopic (exact) mass is 279 g/mol. The van der Waals surface area contributed by atoms with Crippen LogP contribution in [0.4, 0.5) is 0 Å². The summed E-state index contributed by atoms with van der Waals surface area (Å²) in [7, 11) is 0. The third kappa shape index (κ3) is 5.53. The Hall–Kier alpha value is -0.522. The first kappa shape index (κ1) is 13.5. The minimum atomic E-state index is -0.795. The van der Waals surface area contributed by atoms with Crippen molar-refractivity contribution in [3.8, 4) is 0 Å². The van der Waals surface area contributed by atoms with Crippen LogP contribution in [-0.2, 0) is 0 Å². The number of nitrogens with two attached hydrogens (primary N) is 1. The van der Waals surface area contributed by atoms with E-state index in [0.29, 0.717) is 0 Å². The van der Waals surface area contributed by atoms with E-state index in [0.717, 1.165) is 6.54 Å². The van der Waals surface area contributed by atoms with E-state index in [4.69, 9.17) is 5.73 Å². The van der Waals surface area contributed by atoms with Crippen molar-refractivity contribution in [2.24, 2.45) is 5.73 Å². The van der Waals surface area contributed by atoms with Gasteiger partial charge in [0.15, 0.2) is 0 Å². The van der Waals surface area contributed by atoms with Crippen LogP contribution in [0, 0.1) is 0 Å². The quantitative estimate of drug-likeness (QED) is 0.760. The Labute approximate surface area is 104 Å². The number of unbranched alkanes of at least 4 members (excludes halogenated alkanes) is 1. The molecular formula is C14H22AsN. The van der Waals surface area contributed by atoms with Crippen LogP contribution in [-0.4, -0.2) is 21.2 Å². The SMILES string of the molecule is CCCC[As](C=Cc1ccccc1)CCN. The van der Waals surface area contributed by atoms with E-state index < -0.39 is 14.7 Å². The zero-order chi connectivity index (χ0) is 11.6. The molecular weight excluding hydrogens is 257 g/mol. The van der Waals surface area contributed by atoms with Crippen molar-refractivity contribution in [3.05, 3.63) is 40.8 Å². The fraction of sp³-hybridized carbons (Fsp3) is 0.429. The second kappa shape index (κ2) is 8.61. The van der Waals surface area contributed by atoms with Crippen LogP contribution >= 0.6 is 0 Å². The molecule has 0 amide bonds. The summed E-state index contributed by atoms with van der Waals surface area (Å²) in [6.07, 6.45) is 4.94. The normalized spacial score (nSPS) is 13.1. The molecule has 1 aromatic carbocycles. The molecule has 2 heteroatoms. The number of hydrogen-bond donors (Lipinski definition) is 1. The standard InChI is InChI=1S/C14H22AsN/c1-2-3-10-15(12-13-16)11-9-14-7-5-4-6-8-14/h4-9,11H,2-3,10,12-13,16H2,1H3. The average molecular weight is 279 g/mol. The van der Waals surface area contributed by atoms with E-state index in [1.165, 1.54) is 28.8 Å². The van der Waals surface area contributed by atoms with Gasteiger partial charge in [-0.2, -0.15) is 0 Å². The minimum absolute atomic E-state index is 0.795. The van der Waals surface area contributed by atoms with Gasteiger partial charge in [0.2, 0.25) is 0 Å². The molecule has 1 aromatic rings. The predicted molar refractivity (Wildman–Crippen MR) is 74.8 cm³/mol. The van der Waals surface area contributed by atoms with Gasteiger partial charge in [0.25, 0.3) is 0 Å². The number of hydrogen-bond acceptors (Lipinski definition) is 1. The van der Waals surface area contributed by atoms with Gasteiger partial charge in [0, 0.05) is 0 Å². The summed E-state index contributed by atoms with van der Waals surface area (Å²) in [6.45, 7) is 3.11. The van der Waals surface area contributed by atoms with E-state index in [-0.39, 0.29) is 0 Å². The Morgan fingerprint density at radius 1 is 1.19 bits per heavy atom. The zero-order valence-electron chi connectivity index (χ0n) is 10.1. The van der Waals surface area contributed by atoms with Crippen molar-refractivity contribution in [1.29, 1.82) is 0 Å². The van der Waals surface area contributed by atoms with Gasteiger partial charge in [-0.15, -0.1) is 0 Å². The van der Waals surface area contributed by atoms with Gasteiger partial charge in [-0.25, -0.2) is 0 Å². The second-order valence-electron chi connectivity index (χ2n) is 3.90. The van der Waals surface area contributed by atoms with Gasteiger partial charge >= 0.3 is 104 Å². The van der Waals surface area contributed by atoms with E-state index in [9.17, 15) is 0 Å². The van der Waals surface area contributed by atoms with Crippen molar-refractivity contribution in [3.63, 3.8) is 0 Å². The molecule has 0 aliphatic rings. The van der Waals surface area contributed by atoms with Crippen LogP contribution in [0.25, 0.3) is 6.08 Å². The molecule has 0 heterocycles. The summed E-state index contributed by atoms with van der Waals surface area (Å²) in [5.41, 5.74) is 6.99. The van der Waals surface area contributed by atoms with Gasteiger partial charge < -0.3 is 0 Å². The summed E-state index contributed by atoms with van der Waals surface area (Å²) >= 11 is -0.795. The topological polar surface area (TPSA) is 26.0 Å². The molecule has 0 saturated heterocycles. The molecule has 0 spiro atoms. The molecule has 1 atom stereocenters. The molecule has 0 bridgehead atoms.